The summed E-state index contributed by atoms with van der Waals surface area (Å²) in [5.74, 6) is 0. The van der Waals surface area contributed by atoms with Crippen LogP contribution in [0.25, 0.3) is 0 Å². The lowest BCUT2D eigenvalue weighted by Gasteiger charge is -2.17. The van der Waals surface area contributed by atoms with Crippen LogP contribution < -0.4 is 5.32 Å². The number of hydrogen-bond acceptors (Lipinski definition) is 2. The predicted molar refractivity (Wildman–Crippen MR) is 77.8 cm³/mol. The molecule has 0 fully saturated rings. The third kappa shape index (κ3) is 6.20. The van der Waals surface area contributed by atoms with Gasteiger partial charge in [-0.25, -0.2) is 0 Å². The van der Waals surface area contributed by atoms with Crippen molar-refractivity contribution in [3.8, 4) is 0 Å². The number of nitrogens with one attached hydrogen (secondary N) is 1. The Bertz CT molecular complexity index is 306. The van der Waals surface area contributed by atoms with Crippen LogP contribution in [0.1, 0.15) is 57.9 Å². The average molecular weight is 251 g/mol. The van der Waals surface area contributed by atoms with E-state index in [4.69, 9.17) is 0 Å². The van der Waals surface area contributed by atoms with Crippen molar-refractivity contribution in [1.82, 2.24) is 15.1 Å². The first-order valence-electron chi connectivity index (χ1n) is 7.47. The summed E-state index contributed by atoms with van der Waals surface area (Å²) in [5, 5.41) is 7.86. The van der Waals surface area contributed by atoms with Crippen LogP contribution in [0, 0.1) is 0 Å². The summed E-state index contributed by atoms with van der Waals surface area (Å²) in [5.41, 5.74) is 1.37. The molecule has 1 atom stereocenters. The van der Waals surface area contributed by atoms with Gasteiger partial charge in [-0.05, 0) is 44.2 Å². The maximum atomic E-state index is 4.20. The Kier molecular flexibility index (Phi) is 7.74. The highest BCUT2D eigenvalue weighted by molar-refractivity contribution is 5.03. The van der Waals surface area contributed by atoms with Crippen molar-refractivity contribution in [1.29, 1.82) is 0 Å². The zero-order valence-corrected chi connectivity index (χ0v) is 12.3. The van der Waals surface area contributed by atoms with Crippen molar-refractivity contribution in [3.05, 3.63) is 18.0 Å². The Morgan fingerprint density at radius 2 is 2.06 bits per heavy atom. The number of nitrogens with zero attached hydrogens (tertiary/aromatic N) is 2. The second kappa shape index (κ2) is 9.15. The lowest BCUT2D eigenvalue weighted by Crippen LogP contribution is -2.29. The molecule has 104 valence electrons. The van der Waals surface area contributed by atoms with Crippen LogP contribution in [0.5, 0.6) is 0 Å². The number of unbranched alkanes of at least 4 members (excludes halogenated alkanes) is 1. The topological polar surface area (TPSA) is 29.9 Å². The van der Waals surface area contributed by atoms with Gasteiger partial charge in [-0.3, -0.25) is 4.68 Å². The second-order valence-corrected chi connectivity index (χ2v) is 5.21. The molecule has 1 rings (SSSR count). The Morgan fingerprint density at radius 1 is 1.22 bits per heavy atom. The Labute approximate surface area is 112 Å². The second-order valence-electron chi connectivity index (χ2n) is 5.21. The smallest absolute Gasteiger partial charge is 0.0521 e. The summed E-state index contributed by atoms with van der Waals surface area (Å²) in [4.78, 5) is 0. The van der Waals surface area contributed by atoms with E-state index < -0.39 is 0 Å². The summed E-state index contributed by atoms with van der Waals surface area (Å²) >= 11 is 0. The molecule has 0 saturated carbocycles. The number of rotatable bonds is 10. The first kappa shape index (κ1) is 15.2. The SMILES string of the molecule is CCCNC(CCC)CCCCc1cnn(C)c1. The van der Waals surface area contributed by atoms with Crippen LogP contribution >= 0.6 is 0 Å². The Morgan fingerprint density at radius 3 is 2.67 bits per heavy atom. The van der Waals surface area contributed by atoms with Gasteiger partial charge in [0.25, 0.3) is 0 Å². The van der Waals surface area contributed by atoms with Crippen LogP contribution in [0.15, 0.2) is 12.4 Å². The minimum atomic E-state index is 0.726. The number of hydrogen-bond donors (Lipinski definition) is 1. The summed E-state index contributed by atoms with van der Waals surface area (Å²) in [6.07, 6.45) is 13.0. The van der Waals surface area contributed by atoms with Gasteiger partial charge in [-0.2, -0.15) is 5.10 Å². The van der Waals surface area contributed by atoms with Gasteiger partial charge in [0.05, 0.1) is 6.20 Å². The molecule has 0 aromatic carbocycles. The fourth-order valence-corrected chi connectivity index (χ4v) is 2.37. The molecule has 1 N–H and O–H groups in total. The first-order valence-corrected chi connectivity index (χ1v) is 7.47. The normalized spacial score (nSPS) is 12.8. The molecule has 0 bridgehead atoms. The van der Waals surface area contributed by atoms with Gasteiger partial charge in [0, 0.05) is 19.3 Å². The van der Waals surface area contributed by atoms with E-state index in [0.29, 0.717) is 0 Å². The van der Waals surface area contributed by atoms with E-state index in [1.807, 2.05) is 17.9 Å². The number of aryl methyl sites for hydroxylation is 2. The summed E-state index contributed by atoms with van der Waals surface area (Å²) in [6.45, 7) is 5.67. The molecule has 0 aliphatic rings. The van der Waals surface area contributed by atoms with Crippen LogP contribution in [0.4, 0.5) is 0 Å². The van der Waals surface area contributed by atoms with E-state index in [0.717, 1.165) is 12.6 Å². The molecule has 1 heterocycles. The molecule has 0 amide bonds. The van der Waals surface area contributed by atoms with Crippen molar-refractivity contribution in [2.24, 2.45) is 7.05 Å². The largest absolute Gasteiger partial charge is 0.314 e. The van der Waals surface area contributed by atoms with Crippen molar-refractivity contribution in [3.63, 3.8) is 0 Å². The lowest BCUT2D eigenvalue weighted by atomic mass is 10.0. The molecule has 1 unspecified atom stereocenters. The molecule has 0 radical (unpaired) electrons. The fraction of sp³-hybridized carbons (Fsp3) is 0.800. The molecule has 3 nitrogen and oxygen atoms in total. The molecular formula is C15H29N3. The summed E-state index contributed by atoms with van der Waals surface area (Å²) in [6, 6.07) is 0.726. The zero-order chi connectivity index (χ0) is 13.2. The van der Waals surface area contributed by atoms with Gasteiger partial charge < -0.3 is 5.32 Å². The van der Waals surface area contributed by atoms with E-state index in [1.165, 1.54) is 50.5 Å². The highest BCUT2D eigenvalue weighted by atomic mass is 15.2. The van der Waals surface area contributed by atoms with Crippen LogP contribution in [0.2, 0.25) is 0 Å². The van der Waals surface area contributed by atoms with Gasteiger partial charge in [0.15, 0.2) is 0 Å². The van der Waals surface area contributed by atoms with E-state index >= 15 is 0 Å². The number of aromatic nitrogens is 2. The van der Waals surface area contributed by atoms with Gasteiger partial charge in [-0.15, -0.1) is 0 Å². The average Bonchev–Trinajstić information content (AvgIpc) is 2.77. The van der Waals surface area contributed by atoms with Crippen molar-refractivity contribution >= 4 is 0 Å². The third-order valence-electron chi connectivity index (χ3n) is 3.35. The zero-order valence-electron chi connectivity index (χ0n) is 12.3. The van der Waals surface area contributed by atoms with E-state index in [1.54, 1.807) is 0 Å². The van der Waals surface area contributed by atoms with Gasteiger partial charge in [0.1, 0.15) is 0 Å². The highest BCUT2D eigenvalue weighted by Crippen LogP contribution is 2.10. The molecule has 1 aromatic heterocycles. The fourth-order valence-electron chi connectivity index (χ4n) is 2.37. The highest BCUT2D eigenvalue weighted by Gasteiger charge is 2.06. The minimum Gasteiger partial charge on any atom is -0.314 e. The molecule has 18 heavy (non-hydrogen) atoms. The predicted octanol–water partition coefficient (Wildman–Crippen LogP) is 3.30. The molecule has 0 aliphatic carbocycles. The summed E-state index contributed by atoms with van der Waals surface area (Å²) < 4.78 is 1.89. The molecule has 0 spiro atoms. The minimum absolute atomic E-state index is 0.726. The first-order chi connectivity index (χ1) is 8.76. The monoisotopic (exact) mass is 251 g/mol. The lowest BCUT2D eigenvalue weighted by molar-refractivity contribution is 0.432. The van der Waals surface area contributed by atoms with Crippen molar-refractivity contribution < 1.29 is 0 Å². The van der Waals surface area contributed by atoms with Crippen molar-refractivity contribution in [2.75, 3.05) is 6.54 Å². The summed E-state index contributed by atoms with van der Waals surface area (Å²) in [7, 11) is 1.98. The van der Waals surface area contributed by atoms with Crippen LogP contribution in [-0.4, -0.2) is 22.4 Å². The quantitative estimate of drug-likeness (QED) is 0.647. The molecule has 0 saturated heterocycles. The van der Waals surface area contributed by atoms with Gasteiger partial charge in [0.2, 0.25) is 0 Å². The van der Waals surface area contributed by atoms with Crippen LogP contribution in [0.3, 0.4) is 0 Å². The van der Waals surface area contributed by atoms with Gasteiger partial charge >= 0.3 is 0 Å². The van der Waals surface area contributed by atoms with E-state index in [2.05, 4.69) is 30.5 Å². The van der Waals surface area contributed by atoms with E-state index in [-0.39, 0.29) is 0 Å². The Hall–Kier alpha value is -0.830. The maximum absolute atomic E-state index is 4.20. The standard InChI is InChI=1S/C15H29N3/c1-4-8-15(16-11-5-2)10-7-6-9-14-12-17-18(3)13-14/h12-13,15-16H,4-11H2,1-3H3. The van der Waals surface area contributed by atoms with Crippen molar-refractivity contribution in [2.45, 2.75) is 64.8 Å². The molecule has 0 aliphatic heterocycles. The van der Waals surface area contributed by atoms with Gasteiger partial charge in [-0.1, -0.05) is 26.7 Å². The van der Waals surface area contributed by atoms with Crippen LogP contribution in [-0.2, 0) is 13.5 Å². The Balaban J connectivity index is 2.13. The molecule has 3 heteroatoms. The maximum Gasteiger partial charge on any atom is 0.0521 e. The third-order valence-corrected chi connectivity index (χ3v) is 3.35. The van der Waals surface area contributed by atoms with E-state index in [9.17, 15) is 0 Å². The molecular weight excluding hydrogens is 222 g/mol. The molecule has 1 aromatic rings.